The number of fused-ring (bicyclic) bond motifs is 3. The summed E-state index contributed by atoms with van der Waals surface area (Å²) in [5.41, 5.74) is 3.73. The van der Waals surface area contributed by atoms with Crippen LogP contribution in [0.25, 0.3) is 33.9 Å². The zero-order valence-electron chi connectivity index (χ0n) is 18.4. The summed E-state index contributed by atoms with van der Waals surface area (Å²) in [7, 11) is 2.99. The molecule has 0 aliphatic heterocycles. The van der Waals surface area contributed by atoms with Crippen LogP contribution in [-0.2, 0) is 14.1 Å². The zero-order chi connectivity index (χ0) is 23.6. The molecular weight excluding hydrogens is 424 g/mol. The Kier molecular flexibility index (Phi) is 4.35. The summed E-state index contributed by atoms with van der Waals surface area (Å²) in [6.07, 6.45) is 1.73. The Balaban J connectivity index is 1.95. The quantitative estimate of drug-likeness (QED) is 0.314. The monoisotopic (exact) mass is 444 g/mol. The van der Waals surface area contributed by atoms with Crippen LogP contribution in [0.1, 0.15) is 11.1 Å². The molecule has 0 saturated heterocycles. The van der Waals surface area contributed by atoms with Gasteiger partial charge in [-0.15, -0.1) is 0 Å². The number of aromatic nitrogens is 5. The van der Waals surface area contributed by atoms with Crippen LogP contribution < -0.4 is 11.2 Å². The minimum absolute atomic E-state index is 0.0406. The fourth-order valence-corrected chi connectivity index (χ4v) is 4.07. The van der Waals surface area contributed by atoms with Crippen LogP contribution in [0.4, 0.5) is 5.69 Å². The maximum Gasteiger partial charge on any atom is 0.332 e. The number of nitrogens with zero attached hydrogens (tertiary/aromatic N) is 6. The summed E-state index contributed by atoms with van der Waals surface area (Å²) in [6.45, 7) is 4.00. The number of hydrogen-bond donors (Lipinski definition) is 0. The van der Waals surface area contributed by atoms with Gasteiger partial charge in [-0.05, 0) is 37.1 Å². The van der Waals surface area contributed by atoms with Crippen LogP contribution in [-0.4, -0.2) is 28.0 Å². The normalized spacial score (nSPS) is 11.5. The first-order valence-electron chi connectivity index (χ1n) is 10.2. The average molecular weight is 444 g/mol. The minimum Gasteiger partial charge on any atom is -0.279 e. The molecule has 0 radical (unpaired) electrons. The van der Waals surface area contributed by atoms with Gasteiger partial charge in [0, 0.05) is 43.7 Å². The molecule has 166 valence electrons. The molecule has 0 bridgehead atoms. The largest absolute Gasteiger partial charge is 0.332 e. The van der Waals surface area contributed by atoms with Crippen molar-refractivity contribution in [2.45, 2.75) is 13.8 Å². The molecular formula is C23H20N6O4. The summed E-state index contributed by atoms with van der Waals surface area (Å²) >= 11 is 0. The maximum atomic E-state index is 13.0. The van der Waals surface area contributed by atoms with Gasteiger partial charge in [0.05, 0.1) is 10.6 Å². The summed E-state index contributed by atoms with van der Waals surface area (Å²) in [5.74, 6) is 0.424. The van der Waals surface area contributed by atoms with E-state index in [1.807, 2.05) is 36.6 Å². The molecule has 0 spiro atoms. The lowest BCUT2D eigenvalue weighted by Crippen LogP contribution is -2.37. The standard InChI is InChI=1S/C23H20N6O4/c1-13-8-9-16(10-14(13)2)28-18(15-6-5-7-17(11-15)29(32)33)12-27-19-20(24-22(27)28)25(3)23(31)26(4)21(19)30/h5-12H,1-4H3. The number of nitro groups is 1. The molecule has 33 heavy (non-hydrogen) atoms. The lowest BCUT2D eigenvalue weighted by atomic mass is 10.1. The predicted molar refractivity (Wildman–Crippen MR) is 124 cm³/mol. The van der Waals surface area contributed by atoms with E-state index >= 15 is 0 Å². The second-order valence-corrected chi connectivity index (χ2v) is 8.09. The van der Waals surface area contributed by atoms with Gasteiger partial charge in [0.25, 0.3) is 11.2 Å². The summed E-state index contributed by atoms with van der Waals surface area (Å²) in [6, 6.07) is 12.2. The molecule has 0 fully saturated rings. The van der Waals surface area contributed by atoms with Crippen molar-refractivity contribution in [3.05, 3.63) is 90.7 Å². The van der Waals surface area contributed by atoms with E-state index < -0.39 is 16.2 Å². The molecule has 5 rings (SSSR count). The van der Waals surface area contributed by atoms with Crippen LogP contribution in [0.3, 0.4) is 0 Å². The first-order valence-corrected chi connectivity index (χ1v) is 10.2. The first kappa shape index (κ1) is 20.4. The predicted octanol–water partition coefficient (Wildman–Crippen LogP) is 2.87. The van der Waals surface area contributed by atoms with Crippen molar-refractivity contribution in [2.75, 3.05) is 0 Å². The second kappa shape index (κ2) is 7.02. The molecule has 0 saturated carbocycles. The van der Waals surface area contributed by atoms with Gasteiger partial charge in [-0.3, -0.25) is 33.0 Å². The van der Waals surface area contributed by atoms with Gasteiger partial charge in [0.1, 0.15) is 0 Å². The Bertz CT molecular complexity index is 1730. The Hall–Kier alpha value is -4.47. The minimum atomic E-state index is -0.469. The first-order chi connectivity index (χ1) is 15.7. The molecule has 5 aromatic rings. The number of benzene rings is 2. The highest BCUT2D eigenvalue weighted by atomic mass is 16.6. The molecule has 3 aromatic heterocycles. The van der Waals surface area contributed by atoms with Crippen LogP contribution in [0.2, 0.25) is 0 Å². The molecule has 0 unspecified atom stereocenters. The molecule has 0 aliphatic rings. The van der Waals surface area contributed by atoms with Crippen molar-refractivity contribution in [1.82, 2.24) is 23.1 Å². The van der Waals surface area contributed by atoms with Crippen molar-refractivity contribution in [2.24, 2.45) is 14.1 Å². The number of hydrogen-bond acceptors (Lipinski definition) is 5. The van der Waals surface area contributed by atoms with E-state index in [1.165, 1.54) is 23.7 Å². The topological polar surface area (TPSA) is 109 Å². The molecule has 10 heteroatoms. The number of non-ortho nitro benzene ring substituents is 1. The van der Waals surface area contributed by atoms with E-state index in [0.29, 0.717) is 17.0 Å². The fraction of sp³-hybridized carbons (Fsp3) is 0.174. The highest BCUT2D eigenvalue weighted by Gasteiger charge is 2.22. The fourth-order valence-electron chi connectivity index (χ4n) is 4.07. The highest BCUT2D eigenvalue weighted by Crippen LogP contribution is 2.31. The van der Waals surface area contributed by atoms with Crippen LogP contribution in [0.15, 0.2) is 58.3 Å². The number of aryl methyl sites for hydroxylation is 3. The average Bonchev–Trinajstić information content (AvgIpc) is 3.34. The van der Waals surface area contributed by atoms with Crippen LogP contribution >= 0.6 is 0 Å². The highest BCUT2D eigenvalue weighted by molar-refractivity contribution is 5.80. The van der Waals surface area contributed by atoms with Crippen molar-refractivity contribution >= 4 is 22.6 Å². The molecule has 2 aromatic carbocycles. The smallest absolute Gasteiger partial charge is 0.279 e. The lowest BCUT2D eigenvalue weighted by molar-refractivity contribution is -0.384. The zero-order valence-corrected chi connectivity index (χ0v) is 18.4. The second-order valence-electron chi connectivity index (χ2n) is 8.09. The van der Waals surface area contributed by atoms with Gasteiger partial charge in [-0.1, -0.05) is 18.2 Å². The maximum absolute atomic E-state index is 13.0. The van der Waals surface area contributed by atoms with E-state index in [4.69, 9.17) is 0 Å². The van der Waals surface area contributed by atoms with Crippen molar-refractivity contribution < 1.29 is 4.92 Å². The van der Waals surface area contributed by atoms with Gasteiger partial charge in [0.15, 0.2) is 11.2 Å². The molecule has 0 atom stereocenters. The summed E-state index contributed by atoms with van der Waals surface area (Å²) in [5, 5.41) is 11.4. The molecule has 3 heterocycles. The molecule has 0 N–H and O–H groups in total. The van der Waals surface area contributed by atoms with E-state index in [0.717, 1.165) is 21.4 Å². The van der Waals surface area contributed by atoms with Gasteiger partial charge in [-0.2, -0.15) is 4.98 Å². The van der Waals surface area contributed by atoms with Crippen molar-refractivity contribution in [3.8, 4) is 16.9 Å². The third-order valence-electron chi connectivity index (χ3n) is 6.07. The van der Waals surface area contributed by atoms with Gasteiger partial charge in [-0.25, -0.2) is 4.79 Å². The third kappa shape index (κ3) is 2.91. The van der Waals surface area contributed by atoms with Gasteiger partial charge >= 0.3 is 5.69 Å². The number of nitro benzene ring substituents is 1. The Morgan fingerprint density at radius 3 is 2.42 bits per heavy atom. The Morgan fingerprint density at radius 1 is 0.970 bits per heavy atom. The van der Waals surface area contributed by atoms with Gasteiger partial charge < -0.3 is 0 Å². The molecule has 10 nitrogen and oxygen atoms in total. The number of imidazole rings is 2. The van der Waals surface area contributed by atoms with E-state index in [1.54, 1.807) is 29.8 Å². The third-order valence-corrected chi connectivity index (χ3v) is 6.07. The van der Waals surface area contributed by atoms with E-state index in [9.17, 15) is 19.7 Å². The SMILES string of the molecule is Cc1ccc(-n2c(-c3cccc([N+](=O)[O-])c3)cn3c4c(=O)n(C)c(=O)n(C)c4nc23)cc1C. The lowest BCUT2D eigenvalue weighted by Gasteiger charge is -2.11. The van der Waals surface area contributed by atoms with Crippen LogP contribution in [0, 0.1) is 24.0 Å². The molecule has 0 aliphatic carbocycles. The summed E-state index contributed by atoms with van der Waals surface area (Å²) in [4.78, 5) is 41.0. The van der Waals surface area contributed by atoms with Crippen molar-refractivity contribution in [3.63, 3.8) is 0 Å². The molecule has 0 amide bonds. The Morgan fingerprint density at radius 2 is 1.73 bits per heavy atom. The summed E-state index contributed by atoms with van der Waals surface area (Å²) < 4.78 is 5.86. The van der Waals surface area contributed by atoms with Crippen molar-refractivity contribution in [1.29, 1.82) is 0 Å². The Labute approximate surface area is 186 Å². The van der Waals surface area contributed by atoms with Crippen LogP contribution in [0.5, 0.6) is 0 Å². The number of rotatable bonds is 3. The van der Waals surface area contributed by atoms with E-state index in [-0.39, 0.29) is 16.9 Å². The van der Waals surface area contributed by atoms with E-state index in [2.05, 4.69) is 4.98 Å². The van der Waals surface area contributed by atoms with Gasteiger partial charge in [0.2, 0.25) is 5.78 Å².